The number of rotatable bonds is 3. The minimum Gasteiger partial charge on any atom is -0.372 e. The van der Waals surface area contributed by atoms with Crippen molar-refractivity contribution in [3.63, 3.8) is 0 Å². The van der Waals surface area contributed by atoms with E-state index in [0.29, 0.717) is 12.0 Å². The smallest absolute Gasteiger partial charge is 0.323 e. The van der Waals surface area contributed by atoms with Crippen molar-refractivity contribution in [3.8, 4) is 0 Å². The Balaban J connectivity index is 1.42. The molecule has 0 unspecified atom stereocenters. The number of anilines is 1. The highest BCUT2D eigenvalue weighted by molar-refractivity contribution is 5.89. The molecule has 25 heavy (non-hydrogen) atoms. The highest BCUT2D eigenvalue weighted by Gasteiger charge is 2.35. The maximum atomic E-state index is 12.9. The highest BCUT2D eigenvalue weighted by Crippen LogP contribution is 2.35. The summed E-state index contributed by atoms with van der Waals surface area (Å²) in [5, 5.41) is 7.64. The molecule has 2 atom stereocenters. The van der Waals surface area contributed by atoms with Crippen LogP contribution >= 0.6 is 0 Å². The Morgan fingerprint density at radius 2 is 2.00 bits per heavy atom. The second kappa shape index (κ2) is 7.36. The molecule has 0 radical (unpaired) electrons. The number of likely N-dealkylation sites (tertiary alicyclic amines) is 1. The van der Waals surface area contributed by atoms with Gasteiger partial charge in [-0.2, -0.15) is 5.10 Å². The van der Waals surface area contributed by atoms with Crippen LogP contribution in [0.25, 0.3) is 0 Å². The number of carbonyl (C=O) groups is 1. The van der Waals surface area contributed by atoms with Gasteiger partial charge < -0.3 is 9.64 Å². The van der Waals surface area contributed by atoms with Crippen LogP contribution in [-0.4, -0.2) is 39.9 Å². The van der Waals surface area contributed by atoms with Gasteiger partial charge in [-0.15, -0.1) is 0 Å². The van der Waals surface area contributed by atoms with Gasteiger partial charge in [-0.3, -0.25) is 10.00 Å². The molecule has 4 rings (SSSR count). The Hall–Kier alpha value is -1.56. The first-order valence-electron chi connectivity index (χ1n) is 9.95. The van der Waals surface area contributed by atoms with Gasteiger partial charge in [0.05, 0.1) is 5.69 Å². The summed E-state index contributed by atoms with van der Waals surface area (Å²) in [4.78, 5) is 15.0. The third-order valence-electron chi connectivity index (χ3n) is 6.15. The molecule has 2 amide bonds. The number of nitrogens with one attached hydrogen (secondary N) is 1. The van der Waals surface area contributed by atoms with E-state index >= 15 is 0 Å². The van der Waals surface area contributed by atoms with E-state index in [2.05, 4.69) is 15.3 Å². The molecule has 6 nitrogen and oxygen atoms in total. The largest absolute Gasteiger partial charge is 0.372 e. The molecule has 1 saturated carbocycles. The number of hydrogen-bond acceptors (Lipinski definition) is 3. The van der Waals surface area contributed by atoms with Gasteiger partial charge in [0.2, 0.25) is 0 Å². The molecule has 2 saturated heterocycles. The minimum absolute atomic E-state index is 0.0370. The summed E-state index contributed by atoms with van der Waals surface area (Å²) in [7, 11) is 1.89. The lowest BCUT2D eigenvalue weighted by Crippen LogP contribution is -2.43. The van der Waals surface area contributed by atoms with Crippen LogP contribution in [0.2, 0.25) is 0 Å². The fourth-order valence-electron chi connectivity index (χ4n) is 4.81. The van der Waals surface area contributed by atoms with E-state index < -0.39 is 0 Å². The van der Waals surface area contributed by atoms with Crippen molar-refractivity contribution >= 4 is 11.8 Å². The van der Waals surface area contributed by atoms with Gasteiger partial charge in [0.25, 0.3) is 0 Å². The van der Waals surface area contributed by atoms with E-state index in [0.717, 1.165) is 50.3 Å². The zero-order valence-corrected chi connectivity index (χ0v) is 15.2. The normalized spacial score (nSPS) is 27.8. The van der Waals surface area contributed by atoms with Crippen LogP contribution < -0.4 is 5.32 Å². The third-order valence-corrected chi connectivity index (χ3v) is 6.15. The SMILES string of the molecule is Cn1nc([C@H]2CCCO2)cc1NC(=O)N1CCC[C@@H]1C1CCCCC1. The number of hydrogen-bond donors (Lipinski definition) is 1. The van der Waals surface area contributed by atoms with Crippen LogP contribution in [0.4, 0.5) is 10.6 Å². The summed E-state index contributed by atoms with van der Waals surface area (Å²) in [5.74, 6) is 1.46. The van der Waals surface area contributed by atoms with Gasteiger partial charge >= 0.3 is 6.03 Å². The number of urea groups is 1. The van der Waals surface area contributed by atoms with Crippen molar-refractivity contribution in [3.05, 3.63) is 11.8 Å². The first-order valence-corrected chi connectivity index (χ1v) is 9.95. The maximum absolute atomic E-state index is 12.9. The second-order valence-electron chi connectivity index (χ2n) is 7.81. The lowest BCUT2D eigenvalue weighted by molar-refractivity contribution is 0.108. The highest BCUT2D eigenvalue weighted by atomic mass is 16.5. The van der Waals surface area contributed by atoms with E-state index in [-0.39, 0.29) is 12.1 Å². The quantitative estimate of drug-likeness (QED) is 0.904. The average molecular weight is 346 g/mol. The van der Waals surface area contributed by atoms with Gasteiger partial charge in [0.15, 0.2) is 0 Å². The van der Waals surface area contributed by atoms with Gasteiger partial charge in [0.1, 0.15) is 11.9 Å². The summed E-state index contributed by atoms with van der Waals surface area (Å²) in [6, 6.07) is 2.43. The van der Waals surface area contributed by atoms with Crippen LogP contribution in [-0.2, 0) is 11.8 Å². The monoisotopic (exact) mass is 346 g/mol. The zero-order valence-electron chi connectivity index (χ0n) is 15.2. The molecule has 1 aromatic rings. The summed E-state index contributed by atoms with van der Waals surface area (Å²) in [6.45, 7) is 1.68. The van der Waals surface area contributed by atoms with Crippen LogP contribution in [0.15, 0.2) is 6.07 Å². The second-order valence-corrected chi connectivity index (χ2v) is 7.81. The molecule has 1 N–H and O–H groups in total. The Labute approximate surface area is 149 Å². The maximum Gasteiger partial charge on any atom is 0.323 e. The van der Waals surface area contributed by atoms with Crippen LogP contribution in [0, 0.1) is 5.92 Å². The fraction of sp³-hybridized carbons (Fsp3) is 0.789. The Morgan fingerprint density at radius 1 is 1.16 bits per heavy atom. The number of aryl methyl sites for hydroxylation is 1. The molecule has 2 aliphatic heterocycles. The van der Waals surface area contributed by atoms with E-state index in [1.54, 1.807) is 4.68 Å². The number of ether oxygens (including phenoxy) is 1. The molecular formula is C19H30N4O2. The molecule has 3 aliphatic rings. The van der Waals surface area contributed by atoms with Gasteiger partial charge in [-0.05, 0) is 44.4 Å². The molecular weight excluding hydrogens is 316 g/mol. The number of carbonyl (C=O) groups excluding carboxylic acids is 1. The molecule has 0 spiro atoms. The molecule has 3 fully saturated rings. The lowest BCUT2D eigenvalue weighted by atomic mass is 9.83. The summed E-state index contributed by atoms with van der Waals surface area (Å²) >= 11 is 0. The third kappa shape index (κ3) is 3.54. The Morgan fingerprint density at radius 3 is 2.76 bits per heavy atom. The van der Waals surface area contributed by atoms with Crippen molar-refractivity contribution in [2.75, 3.05) is 18.5 Å². The predicted octanol–water partition coefficient (Wildman–Crippen LogP) is 3.85. The van der Waals surface area contributed by atoms with Crippen molar-refractivity contribution in [2.45, 2.75) is 69.9 Å². The predicted molar refractivity (Wildman–Crippen MR) is 96.5 cm³/mol. The standard InChI is InChI=1S/C19H30N4O2/c1-22-18(13-15(21-22)17-10-6-12-25-17)20-19(24)23-11-5-9-16(23)14-7-3-2-4-8-14/h13-14,16-17H,2-12H2,1H3,(H,20,24)/t16-,17-/m1/s1. The number of amides is 2. The molecule has 3 heterocycles. The van der Waals surface area contributed by atoms with E-state index in [4.69, 9.17) is 4.74 Å². The molecule has 6 heteroatoms. The first-order chi connectivity index (χ1) is 12.2. The zero-order chi connectivity index (χ0) is 17.2. The molecule has 1 aliphatic carbocycles. The van der Waals surface area contributed by atoms with Gasteiger partial charge in [-0.25, -0.2) is 4.79 Å². The van der Waals surface area contributed by atoms with Gasteiger partial charge in [0, 0.05) is 32.3 Å². The molecule has 0 aromatic carbocycles. The lowest BCUT2D eigenvalue weighted by Gasteiger charge is -2.34. The summed E-state index contributed by atoms with van der Waals surface area (Å²) in [5.41, 5.74) is 0.931. The van der Waals surface area contributed by atoms with Crippen molar-refractivity contribution in [1.29, 1.82) is 0 Å². The fourth-order valence-corrected chi connectivity index (χ4v) is 4.81. The average Bonchev–Trinajstić information content (AvgIpc) is 3.37. The molecule has 0 bridgehead atoms. The van der Waals surface area contributed by atoms with Crippen LogP contribution in [0.1, 0.15) is 69.6 Å². The number of aromatic nitrogens is 2. The van der Waals surface area contributed by atoms with Crippen LogP contribution in [0.3, 0.4) is 0 Å². The Kier molecular flexibility index (Phi) is 4.97. The van der Waals surface area contributed by atoms with Crippen molar-refractivity contribution in [2.24, 2.45) is 13.0 Å². The summed E-state index contributed by atoms with van der Waals surface area (Å²) < 4.78 is 7.47. The van der Waals surface area contributed by atoms with Gasteiger partial charge in [-0.1, -0.05) is 19.3 Å². The minimum atomic E-state index is 0.0370. The van der Waals surface area contributed by atoms with E-state index in [9.17, 15) is 4.79 Å². The van der Waals surface area contributed by atoms with Crippen molar-refractivity contribution < 1.29 is 9.53 Å². The molecule has 138 valence electrons. The van der Waals surface area contributed by atoms with E-state index in [1.165, 1.54) is 32.1 Å². The first kappa shape index (κ1) is 16.9. The summed E-state index contributed by atoms with van der Waals surface area (Å²) in [6.07, 6.45) is 11.0. The number of nitrogens with zero attached hydrogens (tertiary/aromatic N) is 3. The van der Waals surface area contributed by atoms with Crippen molar-refractivity contribution in [1.82, 2.24) is 14.7 Å². The molecule has 1 aromatic heterocycles. The van der Waals surface area contributed by atoms with Crippen LogP contribution in [0.5, 0.6) is 0 Å². The Bertz CT molecular complexity index is 603. The topological polar surface area (TPSA) is 59.4 Å². The van der Waals surface area contributed by atoms with E-state index in [1.807, 2.05) is 13.1 Å².